The molecule has 12 amide bonds. The van der Waals surface area contributed by atoms with Crippen LogP contribution in [0.25, 0.3) is 0 Å². The Morgan fingerprint density at radius 3 is 1.54 bits per heavy atom. The molecule has 3 saturated heterocycles. The molecule has 0 saturated carbocycles. The number of carbonyl (C=O) groups excluding carboxylic acids is 12. The molecule has 11 atom stereocenters. The third kappa shape index (κ3) is 25.3. The van der Waals surface area contributed by atoms with Crippen molar-refractivity contribution in [1.82, 2.24) is 46.6 Å². The number of likely N-dealkylation sites (tertiary alicyclic amines) is 3. The summed E-state index contributed by atoms with van der Waals surface area (Å²) >= 11 is 1.52. The van der Waals surface area contributed by atoms with Gasteiger partial charge in [-0.25, -0.2) is 0 Å². The quantitative estimate of drug-likeness (QED) is 0.0209. The number of thioether (sulfide) groups is 1. The Balaban J connectivity index is 1.37. The largest absolute Gasteiger partial charge is 0.370 e. The fourth-order valence-corrected chi connectivity index (χ4v) is 13.0. The maximum Gasteiger partial charge on any atom is 0.245 e. The summed E-state index contributed by atoms with van der Waals surface area (Å²) in [4.78, 5) is 176. The number of benzene rings is 2. The zero-order chi connectivity index (χ0) is 70.4. The van der Waals surface area contributed by atoms with Crippen LogP contribution in [0.15, 0.2) is 65.7 Å². The number of nitrogens with one attached hydrogen (secondary N) is 6. The van der Waals surface area contributed by atoms with Crippen LogP contribution < -0.4 is 72.0 Å². The van der Waals surface area contributed by atoms with Crippen molar-refractivity contribution in [1.29, 1.82) is 0 Å². The van der Waals surface area contributed by atoms with Gasteiger partial charge in [-0.1, -0.05) is 74.5 Å². The van der Waals surface area contributed by atoms with Gasteiger partial charge in [0.15, 0.2) is 5.96 Å². The highest BCUT2D eigenvalue weighted by Crippen LogP contribution is 2.29. The Hall–Kier alpha value is -8.38. The number of rotatable bonds is 41. The Morgan fingerprint density at radius 1 is 0.531 bits per heavy atom. The van der Waals surface area contributed by atoms with Crippen molar-refractivity contribution in [3.05, 3.63) is 71.8 Å². The number of nitrogens with two attached hydrogens (primary N) is 7. The molecule has 530 valence electrons. The molecule has 30 heteroatoms. The first-order valence-corrected chi connectivity index (χ1v) is 34.9. The number of primary amides is 3. The molecule has 96 heavy (non-hydrogen) atoms. The summed E-state index contributed by atoms with van der Waals surface area (Å²) in [6.07, 6.45) is 5.47. The van der Waals surface area contributed by atoms with Gasteiger partial charge in [-0.2, -0.15) is 11.8 Å². The van der Waals surface area contributed by atoms with Gasteiger partial charge in [0.25, 0.3) is 0 Å². The minimum absolute atomic E-state index is 0.0325. The van der Waals surface area contributed by atoms with Crippen molar-refractivity contribution >= 4 is 88.6 Å². The Kier molecular flexibility index (Phi) is 32.8. The number of nitrogens with zero attached hydrogens (tertiary/aromatic N) is 4. The zero-order valence-electron chi connectivity index (χ0n) is 55.7. The first kappa shape index (κ1) is 78.3. The van der Waals surface area contributed by atoms with Crippen LogP contribution in [0.2, 0.25) is 0 Å². The second-order valence-electron chi connectivity index (χ2n) is 25.5. The van der Waals surface area contributed by atoms with E-state index in [4.69, 9.17) is 40.1 Å². The highest BCUT2D eigenvalue weighted by atomic mass is 32.2. The molecule has 29 nitrogen and oxygen atoms in total. The van der Waals surface area contributed by atoms with Gasteiger partial charge in [0.05, 0.1) is 6.04 Å². The van der Waals surface area contributed by atoms with Crippen molar-refractivity contribution in [3.8, 4) is 0 Å². The molecule has 0 spiro atoms. The molecular formula is C66H103N17O12S. The van der Waals surface area contributed by atoms with Crippen LogP contribution in [0.3, 0.4) is 0 Å². The number of amides is 12. The maximum atomic E-state index is 15.1. The van der Waals surface area contributed by atoms with Gasteiger partial charge in [0, 0.05) is 63.8 Å². The minimum atomic E-state index is -1.60. The van der Waals surface area contributed by atoms with Gasteiger partial charge in [-0.3, -0.25) is 62.5 Å². The molecule has 0 aromatic heterocycles. The second-order valence-corrected chi connectivity index (χ2v) is 26.5. The molecule has 3 heterocycles. The topological polar surface area (TPSA) is 481 Å². The molecule has 2 unspecified atom stereocenters. The highest BCUT2D eigenvalue weighted by Gasteiger charge is 2.43. The predicted molar refractivity (Wildman–Crippen MR) is 363 cm³/mol. The average molecular weight is 1360 g/mol. The van der Waals surface area contributed by atoms with E-state index in [0.717, 1.165) is 0 Å². The van der Waals surface area contributed by atoms with E-state index < -0.39 is 151 Å². The lowest BCUT2D eigenvalue weighted by Gasteiger charge is -2.33. The third-order valence-electron chi connectivity index (χ3n) is 17.6. The molecule has 3 aliphatic rings. The Labute approximate surface area is 566 Å². The van der Waals surface area contributed by atoms with Gasteiger partial charge in [-0.05, 0) is 138 Å². The monoisotopic (exact) mass is 1360 g/mol. The Bertz CT molecular complexity index is 2980. The first-order chi connectivity index (χ1) is 45.8. The Morgan fingerprint density at radius 2 is 1.01 bits per heavy atom. The number of hydrogen-bond donors (Lipinski definition) is 13. The summed E-state index contributed by atoms with van der Waals surface area (Å²) < 4.78 is 0. The molecule has 3 aliphatic heterocycles. The molecular weight excluding hydrogens is 1250 g/mol. The lowest BCUT2D eigenvalue weighted by atomic mass is 9.89. The van der Waals surface area contributed by atoms with Crippen LogP contribution in [0, 0.1) is 11.8 Å². The molecule has 0 bridgehead atoms. The summed E-state index contributed by atoms with van der Waals surface area (Å²) in [5.74, 6) is -8.21. The zero-order valence-corrected chi connectivity index (χ0v) is 56.5. The molecule has 20 N–H and O–H groups in total. The van der Waals surface area contributed by atoms with Gasteiger partial charge < -0.3 is 86.7 Å². The average Bonchev–Trinajstić information content (AvgIpc) is 1.37. The van der Waals surface area contributed by atoms with Crippen LogP contribution in [-0.4, -0.2) is 197 Å². The van der Waals surface area contributed by atoms with Crippen LogP contribution in [0.4, 0.5) is 0 Å². The van der Waals surface area contributed by atoms with Crippen LogP contribution in [0.1, 0.15) is 141 Å². The molecule has 5 rings (SSSR count). The van der Waals surface area contributed by atoms with Crippen LogP contribution in [0.5, 0.6) is 0 Å². The molecule has 2 aromatic rings. The third-order valence-corrected chi connectivity index (χ3v) is 18.2. The van der Waals surface area contributed by atoms with E-state index >= 15 is 9.59 Å². The normalized spacial score (nSPS) is 18.5. The van der Waals surface area contributed by atoms with Crippen LogP contribution >= 0.6 is 11.8 Å². The van der Waals surface area contributed by atoms with E-state index in [2.05, 4.69) is 36.9 Å². The smallest absolute Gasteiger partial charge is 0.245 e. The maximum absolute atomic E-state index is 15.1. The van der Waals surface area contributed by atoms with E-state index in [1.54, 1.807) is 47.4 Å². The second kappa shape index (κ2) is 40.2. The van der Waals surface area contributed by atoms with Crippen molar-refractivity contribution in [2.24, 2.45) is 57.0 Å². The fourth-order valence-electron chi connectivity index (χ4n) is 12.6. The number of aliphatic imine (C=N–C) groups is 1. The molecule has 2 aromatic carbocycles. The number of unbranched alkanes of at least 4 members (excludes halogenated alkanes) is 1. The van der Waals surface area contributed by atoms with Crippen molar-refractivity contribution in [2.75, 3.05) is 44.7 Å². The predicted octanol–water partition coefficient (Wildman–Crippen LogP) is -1.31. The SMILES string of the molecule is CSCC[C@H](NC(=O)C(CC(C)C)CC1CCCN1C(=O)[C@H](Cc1ccccc1)NC(=O)[C@H](Cc1ccccc1)NC(=O)[C@H](CCC(N)=O)NC(=O)[C@H](CCC(N)=O)NC(=O)[C@@H]1CCCN1C(=O)[C@H](CCCCN)NC(=O)[C@@H]1CCCN1C(=O)[C@@H](N)CCCN=C(N)N)C(N)=O. The van der Waals surface area contributed by atoms with Gasteiger partial charge in [0.1, 0.15) is 48.3 Å². The van der Waals surface area contributed by atoms with Gasteiger partial charge in [0.2, 0.25) is 70.9 Å². The molecule has 0 aliphatic carbocycles. The van der Waals surface area contributed by atoms with Crippen molar-refractivity contribution in [2.45, 2.75) is 203 Å². The van der Waals surface area contributed by atoms with E-state index in [9.17, 15) is 47.9 Å². The number of hydrogen-bond acceptors (Lipinski definition) is 16. The van der Waals surface area contributed by atoms with Crippen molar-refractivity contribution < 1.29 is 57.5 Å². The number of guanidine groups is 1. The summed E-state index contributed by atoms with van der Waals surface area (Å²) in [5.41, 5.74) is 41.1. The van der Waals surface area contributed by atoms with E-state index in [0.29, 0.717) is 94.2 Å². The van der Waals surface area contributed by atoms with E-state index in [-0.39, 0.29) is 82.4 Å². The number of carbonyl (C=O) groups is 12. The summed E-state index contributed by atoms with van der Waals surface area (Å²) in [5, 5.41) is 16.7. The van der Waals surface area contributed by atoms with Gasteiger partial charge >= 0.3 is 0 Å². The standard InChI is InChI=1S/C66H103N17O12S/c1-40(2)36-43(57(87)75-46(56(71)86)29-35-96-3)39-44-20-13-32-81(44)65(95)51(38-42-18-8-5-9-19-42)80-60(90)50(37-41-16-6-4-7-17-41)79-59(89)47(25-27-54(69)84)76-58(88)48(26-28-55(70)85)77-61(91)53-24-15-34-83(53)64(94)49(22-10-11-30-67)78-62(92)52-23-14-33-82(52)63(93)45(68)21-12-31-74-66(72)73/h4-9,16-19,40,43-53H,10-15,20-39,67-68H2,1-3H3,(H2,69,84)(H2,70,85)(H2,71,86)(H,75,87)(H,76,88)(H,77,91)(H,78,92)(H,79,89)(H,80,90)(H4,72,73,74)/t43?,44?,45-,46-,47-,48-,49-,50-,51-,52-,53-/m0/s1. The van der Waals surface area contributed by atoms with Gasteiger partial charge in [-0.15, -0.1) is 0 Å². The van der Waals surface area contributed by atoms with E-state index in [1.165, 1.54) is 21.6 Å². The molecule has 0 radical (unpaired) electrons. The lowest BCUT2D eigenvalue weighted by molar-refractivity contribution is -0.144. The van der Waals surface area contributed by atoms with E-state index in [1.807, 2.05) is 38.3 Å². The van der Waals surface area contributed by atoms with Crippen molar-refractivity contribution in [3.63, 3.8) is 0 Å². The summed E-state index contributed by atoms with van der Waals surface area (Å²) in [6.45, 7) is 5.20. The molecule has 3 fully saturated rings. The summed E-state index contributed by atoms with van der Waals surface area (Å²) in [7, 11) is 0. The van der Waals surface area contributed by atoms with Crippen LogP contribution in [-0.2, 0) is 70.4 Å². The minimum Gasteiger partial charge on any atom is -0.370 e. The fraction of sp³-hybridized carbons (Fsp3) is 0.621. The summed E-state index contributed by atoms with van der Waals surface area (Å²) in [6, 6.07) is 6.43. The first-order valence-electron chi connectivity index (χ1n) is 33.5. The lowest BCUT2D eigenvalue weighted by Crippen LogP contribution is -2.60. The highest BCUT2D eigenvalue weighted by molar-refractivity contribution is 7.98.